The molecule has 6 nitrogen and oxygen atoms in total. The van der Waals surface area contributed by atoms with E-state index in [0.29, 0.717) is 6.04 Å². The van der Waals surface area contributed by atoms with E-state index >= 15 is 0 Å². The lowest BCUT2D eigenvalue weighted by Gasteiger charge is -2.40. The SMILES string of the molecule is CN1Cc2cc(N3CCOCC3)ccc2C(N2C=Cc3ccnn3C2)C1. The highest BCUT2D eigenvalue weighted by molar-refractivity contribution is 5.53. The summed E-state index contributed by atoms with van der Waals surface area (Å²) >= 11 is 0. The Hall–Kier alpha value is -2.31. The van der Waals surface area contributed by atoms with E-state index in [9.17, 15) is 0 Å². The maximum atomic E-state index is 5.50. The normalized spacial score (nSPS) is 23.0. The summed E-state index contributed by atoms with van der Waals surface area (Å²) in [6, 6.07) is 9.43. The van der Waals surface area contributed by atoms with Gasteiger partial charge in [0.2, 0.25) is 0 Å². The lowest BCUT2D eigenvalue weighted by Crippen LogP contribution is -2.40. The van der Waals surface area contributed by atoms with Crippen LogP contribution in [-0.2, 0) is 18.0 Å². The molecule has 1 fully saturated rings. The second-order valence-electron chi connectivity index (χ2n) is 7.42. The molecule has 0 bridgehead atoms. The van der Waals surface area contributed by atoms with Crippen molar-refractivity contribution in [2.45, 2.75) is 19.3 Å². The van der Waals surface area contributed by atoms with Gasteiger partial charge in [0.15, 0.2) is 0 Å². The van der Waals surface area contributed by atoms with Gasteiger partial charge in [-0.2, -0.15) is 5.10 Å². The van der Waals surface area contributed by atoms with Gasteiger partial charge < -0.3 is 14.5 Å². The van der Waals surface area contributed by atoms with E-state index in [1.54, 1.807) is 0 Å². The molecule has 4 heterocycles. The Kier molecular flexibility index (Phi) is 3.94. The highest BCUT2D eigenvalue weighted by Gasteiger charge is 2.29. The fourth-order valence-corrected chi connectivity index (χ4v) is 4.28. The number of benzene rings is 1. The van der Waals surface area contributed by atoms with Crippen molar-refractivity contribution >= 4 is 11.8 Å². The van der Waals surface area contributed by atoms with E-state index in [4.69, 9.17) is 4.74 Å². The molecule has 0 saturated carbocycles. The largest absolute Gasteiger partial charge is 0.378 e. The second-order valence-corrected chi connectivity index (χ2v) is 7.42. The number of anilines is 1. The van der Waals surface area contributed by atoms with Crippen molar-refractivity contribution in [3.63, 3.8) is 0 Å². The minimum atomic E-state index is 0.357. The predicted molar refractivity (Wildman–Crippen MR) is 102 cm³/mol. The first-order valence-electron chi connectivity index (χ1n) is 9.38. The molecule has 1 unspecified atom stereocenters. The zero-order chi connectivity index (χ0) is 17.5. The van der Waals surface area contributed by atoms with Gasteiger partial charge >= 0.3 is 0 Å². The molecule has 26 heavy (non-hydrogen) atoms. The summed E-state index contributed by atoms with van der Waals surface area (Å²) in [5.74, 6) is 0. The summed E-state index contributed by atoms with van der Waals surface area (Å²) in [5, 5.41) is 4.44. The average Bonchev–Trinajstić information content (AvgIpc) is 3.15. The van der Waals surface area contributed by atoms with Gasteiger partial charge in [0.1, 0.15) is 6.67 Å². The minimum Gasteiger partial charge on any atom is -0.378 e. The average molecular weight is 351 g/mol. The van der Waals surface area contributed by atoms with Crippen LogP contribution >= 0.6 is 0 Å². The summed E-state index contributed by atoms with van der Waals surface area (Å²) in [5.41, 5.74) is 5.38. The molecule has 2 aromatic rings. The molecule has 0 aliphatic carbocycles. The van der Waals surface area contributed by atoms with Crippen molar-refractivity contribution in [1.82, 2.24) is 19.6 Å². The third-order valence-corrected chi connectivity index (χ3v) is 5.67. The van der Waals surface area contributed by atoms with Crippen LogP contribution in [0.2, 0.25) is 0 Å². The fourth-order valence-electron chi connectivity index (χ4n) is 4.28. The van der Waals surface area contributed by atoms with Crippen LogP contribution in [0.5, 0.6) is 0 Å². The number of hydrogen-bond acceptors (Lipinski definition) is 5. The lowest BCUT2D eigenvalue weighted by molar-refractivity contribution is 0.122. The Morgan fingerprint density at radius 3 is 2.92 bits per heavy atom. The molecule has 1 saturated heterocycles. The molecule has 0 amide bonds. The van der Waals surface area contributed by atoms with Gasteiger partial charge in [-0.3, -0.25) is 4.90 Å². The molecular formula is C20H25N5O. The standard InChI is InChI=1S/C20H25N5O/c1-22-13-16-12-18(23-8-10-26-11-9-23)2-3-19(16)20(14-22)24-7-5-17-4-6-21-25(17)15-24/h2-7,12,20H,8-11,13-15H2,1H3. The summed E-state index contributed by atoms with van der Waals surface area (Å²) in [7, 11) is 2.21. The Labute approximate surface area is 154 Å². The van der Waals surface area contributed by atoms with Crippen LogP contribution in [0.3, 0.4) is 0 Å². The molecule has 5 rings (SSSR count). The highest BCUT2D eigenvalue weighted by atomic mass is 16.5. The first kappa shape index (κ1) is 15.9. The molecule has 0 N–H and O–H groups in total. The number of aromatic nitrogens is 2. The number of fused-ring (bicyclic) bond motifs is 2. The van der Waals surface area contributed by atoms with Crippen molar-refractivity contribution in [1.29, 1.82) is 0 Å². The van der Waals surface area contributed by atoms with Gasteiger partial charge in [0, 0.05) is 44.3 Å². The summed E-state index contributed by atoms with van der Waals surface area (Å²) in [4.78, 5) is 7.26. The maximum Gasteiger partial charge on any atom is 0.112 e. The molecule has 3 aliphatic heterocycles. The topological polar surface area (TPSA) is 36.8 Å². The number of nitrogens with zero attached hydrogens (tertiary/aromatic N) is 5. The van der Waals surface area contributed by atoms with Crippen molar-refractivity contribution in [3.8, 4) is 0 Å². The number of hydrogen-bond donors (Lipinski definition) is 0. The molecule has 3 aliphatic rings. The van der Waals surface area contributed by atoms with Crippen LogP contribution < -0.4 is 4.90 Å². The van der Waals surface area contributed by atoms with Crippen molar-refractivity contribution < 1.29 is 4.74 Å². The molecule has 1 atom stereocenters. The Morgan fingerprint density at radius 2 is 2.04 bits per heavy atom. The number of morpholine rings is 1. The summed E-state index contributed by atoms with van der Waals surface area (Å²) in [6.45, 7) is 6.46. The quantitative estimate of drug-likeness (QED) is 0.829. The predicted octanol–water partition coefficient (Wildman–Crippen LogP) is 2.15. The highest BCUT2D eigenvalue weighted by Crippen LogP contribution is 2.34. The summed E-state index contributed by atoms with van der Waals surface area (Å²) in [6.07, 6.45) is 6.26. The molecular weight excluding hydrogens is 326 g/mol. The van der Waals surface area contributed by atoms with E-state index in [1.807, 2.05) is 6.20 Å². The molecule has 6 heteroatoms. The Morgan fingerprint density at radius 1 is 1.15 bits per heavy atom. The lowest BCUT2D eigenvalue weighted by atomic mass is 9.93. The van der Waals surface area contributed by atoms with Crippen molar-refractivity contribution in [2.75, 3.05) is 44.8 Å². The van der Waals surface area contributed by atoms with Gasteiger partial charge in [0.05, 0.1) is 24.9 Å². The second kappa shape index (κ2) is 6.45. The van der Waals surface area contributed by atoms with Crippen LogP contribution in [0.1, 0.15) is 22.9 Å². The number of rotatable bonds is 2. The molecule has 136 valence electrons. The van der Waals surface area contributed by atoms with Gasteiger partial charge in [-0.1, -0.05) is 6.07 Å². The minimum absolute atomic E-state index is 0.357. The molecule has 1 aromatic carbocycles. The van der Waals surface area contributed by atoms with Gasteiger partial charge in [-0.05, 0) is 42.4 Å². The Balaban J connectivity index is 1.44. The first-order chi connectivity index (χ1) is 12.8. The van der Waals surface area contributed by atoms with Gasteiger partial charge in [-0.15, -0.1) is 0 Å². The van der Waals surface area contributed by atoms with Crippen LogP contribution in [0, 0.1) is 0 Å². The summed E-state index contributed by atoms with van der Waals surface area (Å²) < 4.78 is 7.56. The van der Waals surface area contributed by atoms with Crippen LogP contribution in [-0.4, -0.2) is 59.5 Å². The van der Waals surface area contributed by atoms with E-state index < -0.39 is 0 Å². The zero-order valence-electron chi connectivity index (χ0n) is 15.2. The third kappa shape index (κ3) is 2.79. The number of likely N-dealkylation sites (N-methyl/N-ethyl adjacent to an activating group) is 1. The smallest absolute Gasteiger partial charge is 0.112 e. The monoisotopic (exact) mass is 351 g/mol. The van der Waals surface area contributed by atoms with E-state index in [0.717, 1.165) is 46.1 Å². The first-order valence-corrected chi connectivity index (χ1v) is 9.38. The van der Waals surface area contributed by atoms with E-state index in [-0.39, 0.29) is 0 Å². The molecule has 0 spiro atoms. The van der Waals surface area contributed by atoms with Gasteiger partial charge in [0.25, 0.3) is 0 Å². The molecule has 1 aromatic heterocycles. The zero-order valence-corrected chi connectivity index (χ0v) is 15.2. The fraction of sp³-hybridized carbons (Fsp3) is 0.450. The van der Waals surface area contributed by atoms with Crippen LogP contribution in [0.4, 0.5) is 5.69 Å². The van der Waals surface area contributed by atoms with E-state index in [2.05, 4.69) is 68.1 Å². The van der Waals surface area contributed by atoms with E-state index in [1.165, 1.54) is 22.5 Å². The van der Waals surface area contributed by atoms with Crippen molar-refractivity contribution in [2.24, 2.45) is 0 Å². The molecule has 0 radical (unpaired) electrons. The Bertz CT molecular complexity index is 823. The van der Waals surface area contributed by atoms with Crippen LogP contribution in [0.15, 0.2) is 36.7 Å². The van der Waals surface area contributed by atoms with Crippen molar-refractivity contribution in [3.05, 3.63) is 53.5 Å². The third-order valence-electron chi connectivity index (χ3n) is 5.67. The maximum absolute atomic E-state index is 5.50. The van der Waals surface area contributed by atoms with Crippen LogP contribution in [0.25, 0.3) is 6.08 Å². The number of ether oxygens (including phenoxy) is 1. The van der Waals surface area contributed by atoms with Gasteiger partial charge in [-0.25, -0.2) is 4.68 Å².